The summed E-state index contributed by atoms with van der Waals surface area (Å²) in [4.78, 5) is 0. The predicted molar refractivity (Wildman–Crippen MR) is 51.7 cm³/mol. The lowest BCUT2D eigenvalue weighted by Gasteiger charge is -2.10. The van der Waals surface area contributed by atoms with Crippen molar-refractivity contribution in [3.63, 3.8) is 0 Å². The van der Waals surface area contributed by atoms with Gasteiger partial charge in [-0.3, -0.25) is 0 Å². The van der Waals surface area contributed by atoms with Crippen LogP contribution in [-0.4, -0.2) is 32.0 Å². The number of ether oxygens (including phenoxy) is 1. The normalized spacial score (nSPS) is 22.2. The Morgan fingerprint density at radius 2 is 2.07 bits per heavy atom. The summed E-state index contributed by atoms with van der Waals surface area (Å²) in [5.74, 6) is 0. The van der Waals surface area contributed by atoms with Crippen molar-refractivity contribution in [1.82, 2.24) is 5.32 Å². The lowest BCUT2D eigenvalue weighted by Crippen LogP contribution is -2.22. The van der Waals surface area contributed by atoms with Crippen LogP contribution in [0, 0.1) is 0 Å². The van der Waals surface area contributed by atoms with Gasteiger partial charge in [-0.2, -0.15) is 13.2 Å². The molecule has 1 aliphatic rings. The Bertz CT molecular complexity index is 167. The zero-order valence-electron chi connectivity index (χ0n) is 8.78. The second-order valence-corrected chi connectivity index (χ2v) is 3.89. The molecule has 2 nitrogen and oxygen atoms in total. The molecule has 90 valence electrons. The highest BCUT2D eigenvalue weighted by molar-refractivity contribution is 4.66. The van der Waals surface area contributed by atoms with Crippen LogP contribution >= 0.6 is 0 Å². The van der Waals surface area contributed by atoms with Gasteiger partial charge in [0.25, 0.3) is 0 Å². The summed E-state index contributed by atoms with van der Waals surface area (Å²) in [6.07, 6.45) is -1.12. The number of nitrogens with one attached hydrogen (secondary N) is 1. The van der Waals surface area contributed by atoms with Gasteiger partial charge in [0.2, 0.25) is 0 Å². The number of halogens is 3. The lowest BCUT2D eigenvalue weighted by molar-refractivity contribution is -0.135. The fraction of sp³-hybridized carbons (Fsp3) is 1.00. The maximum Gasteiger partial charge on any atom is 0.389 e. The zero-order valence-corrected chi connectivity index (χ0v) is 8.78. The minimum absolute atomic E-state index is 0.162. The maximum absolute atomic E-state index is 11.8. The summed E-state index contributed by atoms with van der Waals surface area (Å²) in [5.41, 5.74) is 0. The van der Waals surface area contributed by atoms with E-state index in [1.165, 1.54) is 0 Å². The zero-order chi connectivity index (χ0) is 11.1. The molecule has 5 heteroatoms. The maximum atomic E-state index is 11.8. The van der Waals surface area contributed by atoms with Crippen molar-refractivity contribution >= 4 is 0 Å². The first-order chi connectivity index (χ1) is 7.08. The van der Waals surface area contributed by atoms with Crippen LogP contribution in [0.2, 0.25) is 0 Å². The van der Waals surface area contributed by atoms with Crippen molar-refractivity contribution in [3.05, 3.63) is 0 Å². The third-order valence-corrected chi connectivity index (χ3v) is 2.48. The van der Waals surface area contributed by atoms with E-state index in [1.807, 2.05) is 0 Å². The van der Waals surface area contributed by atoms with Crippen molar-refractivity contribution in [2.45, 2.75) is 44.4 Å². The van der Waals surface area contributed by atoms with Gasteiger partial charge in [0.15, 0.2) is 0 Å². The molecule has 15 heavy (non-hydrogen) atoms. The number of hydrogen-bond donors (Lipinski definition) is 1. The molecule has 1 rings (SSSR count). The van der Waals surface area contributed by atoms with Gasteiger partial charge < -0.3 is 10.1 Å². The minimum Gasteiger partial charge on any atom is -0.378 e. The highest BCUT2D eigenvalue weighted by Crippen LogP contribution is 2.20. The van der Waals surface area contributed by atoms with Gasteiger partial charge in [-0.05, 0) is 38.8 Å². The van der Waals surface area contributed by atoms with Gasteiger partial charge in [0.1, 0.15) is 0 Å². The fourth-order valence-electron chi connectivity index (χ4n) is 1.67. The largest absolute Gasteiger partial charge is 0.389 e. The summed E-state index contributed by atoms with van der Waals surface area (Å²) < 4.78 is 40.7. The van der Waals surface area contributed by atoms with E-state index < -0.39 is 12.6 Å². The Labute approximate surface area is 88.2 Å². The Morgan fingerprint density at radius 1 is 1.27 bits per heavy atom. The summed E-state index contributed by atoms with van der Waals surface area (Å²) >= 11 is 0. The van der Waals surface area contributed by atoms with E-state index in [1.54, 1.807) is 0 Å². The number of alkyl halides is 3. The van der Waals surface area contributed by atoms with Crippen LogP contribution in [0.4, 0.5) is 13.2 Å². The molecule has 1 unspecified atom stereocenters. The van der Waals surface area contributed by atoms with E-state index >= 15 is 0 Å². The van der Waals surface area contributed by atoms with Crippen LogP contribution in [0.3, 0.4) is 0 Å². The van der Waals surface area contributed by atoms with Gasteiger partial charge in [-0.25, -0.2) is 0 Å². The van der Waals surface area contributed by atoms with Gasteiger partial charge in [-0.15, -0.1) is 0 Å². The highest BCUT2D eigenvalue weighted by atomic mass is 19.4. The van der Waals surface area contributed by atoms with E-state index in [9.17, 15) is 13.2 Å². The van der Waals surface area contributed by atoms with Gasteiger partial charge in [-0.1, -0.05) is 0 Å². The molecule has 0 bridgehead atoms. The van der Waals surface area contributed by atoms with E-state index in [0.29, 0.717) is 12.6 Å². The van der Waals surface area contributed by atoms with Crippen LogP contribution in [0.15, 0.2) is 0 Å². The van der Waals surface area contributed by atoms with Gasteiger partial charge in [0.05, 0.1) is 6.10 Å². The smallest absolute Gasteiger partial charge is 0.378 e. The molecule has 1 aliphatic heterocycles. The first-order valence-corrected chi connectivity index (χ1v) is 5.47. The number of hydrogen-bond acceptors (Lipinski definition) is 2. The van der Waals surface area contributed by atoms with Crippen LogP contribution in [0.1, 0.15) is 32.1 Å². The van der Waals surface area contributed by atoms with Crippen LogP contribution in [0.25, 0.3) is 0 Å². The van der Waals surface area contributed by atoms with Crippen LogP contribution in [0.5, 0.6) is 0 Å². The Balaban J connectivity index is 1.84. The molecule has 0 aromatic heterocycles. The Hall–Kier alpha value is -0.290. The molecule has 1 saturated heterocycles. The van der Waals surface area contributed by atoms with E-state index in [0.717, 1.165) is 32.4 Å². The third kappa shape index (κ3) is 6.73. The molecular weight excluding hydrogens is 207 g/mol. The van der Waals surface area contributed by atoms with Crippen molar-refractivity contribution in [2.24, 2.45) is 0 Å². The average molecular weight is 225 g/mol. The molecular formula is C10H18F3NO. The van der Waals surface area contributed by atoms with Crippen molar-refractivity contribution in [3.8, 4) is 0 Å². The van der Waals surface area contributed by atoms with E-state index in [2.05, 4.69) is 5.32 Å². The fourth-order valence-corrected chi connectivity index (χ4v) is 1.67. The molecule has 0 radical (unpaired) electrons. The third-order valence-electron chi connectivity index (χ3n) is 2.48. The van der Waals surface area contributed by atoms with Crippen molar-refractivity contribution in [1.29, 1.82) is 0 Å². The van der Waals surface area contributed by atoms with E-state index in [4.69, 9.17) is 4.74 Å². The minimum atomic E-state index is -4.02. The van der Waals surface area contributed by atoms with Crippen molar-refractivity contribution < 1.29 is 17.9 Å². The quantitative estimate of drug-likeness (QED) is 0.701. The molecule has 0 aliphatic carbocycles. The first-order valence-electron chi connectivity index (χ1n) is 5.47. The number of rotatable bonds is 6. The standard InChI is InChI=1S/C10H18F3NO/c11-10(12,13)5-2-6-14-7-4-9-3-1-8-15-9/h9,14H,1-8H2. The second kappa shape index (κ2) is 6.33. The SMILES string of the molecule is FC(F)(F)CCCNCCC1CCCO1. The Kier molecular flexibility index (Phi) is 5.39. The second-order valence-electron chi connectivity index (χ2n) is 3.89. The monoisotopic (exact) mass is 225 g/mol. The highest BCUT2D eigenvalue weighted by Gasteiger charge is 2.25. The molecule has 0 spiro atoms. The van der Waals surface area contributed by atoms with Crippen LogP contribution in [-0.2, 0) is 4.74 Å². The lowest BCUT2D eigenvalue weighted by atomic mass is 10.2. The molecule has 0 aromatic carbocycles. The van der Waals surface area contributed by atoms with Gasteiger partial charge >= 0.3 is 6.18 Å². The first kappa shape index (κ1) is 12.8. The van der Waals surface area contributed by atoms with Crippen LogP contribution < -0.4 is 5.32 Å². The topological polar surface area (TPSA) is 21.3 Å². The molecule has 0 aromatic rings. The van der Waals surface area contributed by atoms with E-state index in [-0.39, 0.29) is 6.42 Å². The molecule has 1 N–H and O–H groups in total. The molecule has 1 fully saturated rings. The van der Waals surface area contributed by atoms with Gasteiger partial charge in [0, 0.05) is 13.0 Å². The van der Waals surface area contributed by atoms with Crippen molar-refractivity contribution in [2.75, 3.05) is 19.7 Å². The summed E-state index contributed by atoms with van der Waals surface area (Å²) in [5, 5.41) is 3.00. The summed E-state index contributed by atoms with van der Waals surface area (Å²) in [6.45, 7) is 2.02. The molecule has 1 heterocycles. The summed E-state index contributed by atoms with van der Waals surface area (Å²) in [7, 11) is 0. The molecule has 1 atom stereocenters. The average Bonchev–Trinajstić information content (AvgIpc) is 2.61. The summed E-state index contributed by atoms with van der Waals surface area (Å²) in [6, 6.07) is 0. The molecule has 0 amide bonds. The molecule has 0 saturated carbocycles. The Morgan fingerprint density at radius 3 is 2.67 bits per heavy atom. The predicted octanol–water partition coefficient (Wildman–Crippen LogP) is 2.49.